The van der Waals surface area contributed by atoms with E-state index in [1.807, 2.05) is 0 Å². The van der Waals surface area contributed by atoms with Gasteiger partial charge >= 0.3 is 0 Å². The molecule has 2 amide bonds. The molecule has 118 valence electrons. The highest BCUT2D eigenvalue weighted by molar-refractivity contribution is 6.27. The van der Waals surface area contributed by atoms with Crippen molar-refractivity contribution in [1.82, 2.24) is 4.90 Å². The number of carbonyl (C=O) groups excluding carboxylic acids is 3. The molecular weight excluding hydrogens is 294 g/mol. The van der Waals surface area contributed by atoms with Crippen molar-refractivity contribution in [2.24, 2.45) is 0 Å². The third-order valence-corrected chi connectivity index (χ3v) is 4.10. The summed E-state index contributed by atoms with van der Waals surface area (Å²) < 4.78 is 4.99. The van der Waals surface area contributed by atoms with E-state index in [4.69, 9.17) is 4.74 Å². The van der Waals surface area contributed by atoms with E-state index in [0.29, 0.717) is 47.0 Å². The summed E-state index contributed by atoms with van der Waals surface area (Å²) in [6.45, 7) is 2.28. The van der Waals surface area contributed by atoms with Gasteiger partial charge in [-0.25, -0.2) is 0 Å². The molecule has 0 aromatic heterocycles. The molecule has 0 aliphatic carbocycles. The van der Waals surface area contributed by atoms with Gasteiger partial charge in [-0.2, -0.15) is 0 Å². The van der Waals surface area contributed by atoms with Gasteiger partial charge in [-0.3, -0.25) is 19.3 Å². The lowest BCUT2D eigenvalue weighted by Gasteiger charge is -2.27. The molecule has 0 saturated heterocycles. The van der Waals surface area contributed by atoms with E-state index in [9.17, 15) is 14.4 Å². The van der Waals surface area contributed by atoms with Gasteiger partial charge in [0.05, 0.1) is 0 Å². The summed E-state index contributed by atoms with van der Waals surface area (Å²) in [5.74, 6) is -0.717. The second kappa shape index (κ2) is 5.93. The molecule has 1 heterocycles. The fourth-order valence-electron chi connectivity index (χ4n) is 3.02. The largest absolute Gasteiger partial charge is 0.385 e. The zero-order valence-electron chi connectivity index (χ0n) is 13.1. The minimum Gasteiger partial charge on any atom is -0.385 e. The highest BCUT2D eigenvalue weighted by Gasteiger charge is 2.33. The first-order valence-electron chi connectivity index (χ1n) is 7.48. The number of carbonyl (C=O) groups is 3. The van der Waals surface area contributed by atoms with Crippen LogP contribution >= 0.6 is 0 Å². The Morgan fingerprint density at radius 1 is 1.09 bits per heavy atom. The molecule has 0 saturated carbocycles. The monoisotopic (exact) mass is 311 g/mol. The molecule has 0 unspecified atom stereocenters. The van der Waals surface area contributed by atoms with E-state index in [-0.39, 0.29) is 17.6 Å². The van der Waals surface area contributed by atoms with Crippen LogP contribution < -0.4 is 0 Å². The van der Waals surface area contributed by atoms with Gasteiger partial charge < -0.3 is 4.74 Å². The van der Waals surface area contributed by atoms with E-state index < -0.39 is 0 Å². The van der Waals surface area contributed by atoms with Crippen molar-refractivity contribution >= 4 is 28.4 Å². The number of ketones is 1. The van der Waals surface area contributed by atoms with E-state index in [1.54, 1.807) is 37.4 Å². The molecular formula is C18H17NO4. The molecule has 0 atom stereocenters. The van der Waals surface area contributed by atoms with Gasteiger partial charge in [-0.15, -0.1) is 0 Å². The normalized spacial score (nSPS) is 13.7. The Morgan fingerprint density at radius 3 is 2.43 bits per heavy atom. The molecule has 0 spiro atoms. The van der Waals surface area contributed by atoms with Gasteiger partial charge in [0.25, 0.3) is 11.8 Å². The molecule has 0 N–H and O–H groups in total. The Balaban J connectivity index is 2.15. The average molecular weight is 311 g/mol. The Kier molecular flexibility index (Phi) is 3.96. The summed E-state index contributed by atoms with van der Waals surface area (Å²) in [6.07, 6.45) is 0.588. The molecule has 0 radical (unpaired) electrons. The number of benzene rings is 2. The van der Waals surface area contributed by atoms with Crippen molar-refractivity contribution in [2.75, 3.05) is 20.3 Å². The van der Waals surface area contributed by atoms with Crippen LogP contribution in [0.3, 0.4) is 0 Å². The van der Waals surface area contributed by atoms with Crippen LogP contribution in [0.1, 0.15) is 44.4 Å². The second-order valence-electron chi connectivity index (χ2n) is 5.55. The third-order valence-electron chi connectivity index (χ3n) is 4.10. The molecule has 3 rings (SSSR count). The van der Waals surface area contributed by atoms with Gasteiger partial charge in [0.2, 0.25) is 0 Å². The summed E-state index contributed by atoms with van der Waals surface area (Å²) in [7, 11) is 1.58. The number of amides is 2. The van der Waals surface area contributed by atoms with Crippen LogP contribution in [0.2, 0.25) is 0 Å². The Hall–Kier alpha value is -2.53. The van der Waals surface area contributed by atoms with Crippen molar-refractivity contribution in [2.45, 2.75) is 13.3 Å². The first kappa shape index (κ1) is 15.4. The van der Waals surface area contributed by atoms with Crippen molar-refractivity contribution in [3.05, 3.63) is 47.0 Å². The van der Waals surface area contributed by atoms with Crippen LogP contribution in [-0.2, 0) is 4.74 Å². The van der Waals surface area contributed by atoms with Crippen molar-refractivity contribution in [1.29, 1.82) is 0 Å². The number of hydrogen-bond donors (Lipinski definition) is 0. The Labute approximate surface area is 133 Å². The van der Waals surface area contributed by atoms with Crippen molar-refractivity contribution < 1.29 is 19.1 Å². The molecule has 0 fully saturated rings. The van der Waals surface area contributed by atoms with Crippen LogP contribution in [0.25, 0.3) is 10.8 Å². The number of Topliss-reactive ketones (excluding diaryl/α,β-unsaturated/α-hetero) is 1. The van der Waals surface area contributed by atoms with Gasteiger partial charge in [0, 0.05) is 42.3 Å². The number of nitrogens with zero attached hydrogens (tertiary/aromatic N) is 1. The third kappa shape index (κ3) is 2.43. The minimum absolute atomic E-state index is 0.0869. The molecule has 2 aromatic rings. The van der Waals surface area contributed by atoms with Crippen LogP contribution in [-0.4, -0.2) is 42.8 Å². The van der Waals surface area contributed by atoms with E-state index in [0.717, 1.165) is 0 Å². The molecule has 2 aromatic carbocycles. The van der Waals surface area contributed by atoms with Crippen LogP contribution in [0.4, 0.5) is 0 Å². The van der Waals surface area contributed by atoms with Crippen LogP contribution in [0.5, 0.6) is 0 Å². The van der Waals surface area contributed by atoms with Crippen LogP contribution in [0, 0.1) is 0 Å². The lowest BCUT2D eigenvalue weighted by atomic mass is 9.90. The number of imide groups is 1. The van der Waals surface area contributed by atoms with Gasteiger partial charge in [-0.05, 0) is 36.9 Å². The second-order valence-corrected chi connectivity index (χ2v) is 5.55. The Morgan fingerprint density at radius 2 is 1.78 bits per heavy atom. The molecule has 0 bridgehead atoms. The standard InChI is InChI=1S/C18H17NO4/c1-11(20)12-7-8-15-16-13(12)5-3-6-14(16)17(21)19(18(15)22)9-4-10-23-2/h3,5-8H,4,9-10H2,1-2H3. The topological polar surface area (TPSA) is 63.7 Å². The van der Waals surface area contributed by atoms with Crippen molar-refractivity contribution in [3.8, 4) is 0 Å². The number of ether oxygens (including phenoxy) is 1. The maximum absolute atomic E-state index is 12.7. The lowest BCUT2D eigenvalue weighted by Crippen LogP contribution is -2.41. The lowest BCUT2D eigenvalue weighted by molar-refractivity contribution is 0.0594. The molecule has 1 aliphatic rings. The smallest absolute Gasteiger partial charge is 0.261 e. The summed E-state index contributed by atoms with van der Waals surface area (Å²) in [5.41, 5.74) is 1.47. The summed E-state index contributed by atoms with van der Waals surface area (Å²) in [5, 5.41) is 1.24. The number of methoxy groups -OCH3 is 1. The summed E-state index contributed by atoms with van der Waals surface area (Å²) >= 11 is 0. The summed E-state index contributed by atoms with van der Waals surface area (Å²) in [4.78, 5) is 38.4. The van der Waals surface area contributed by atoms with E-state index >= 15 is 0 Å². The molecule has 1 aliphatic heterocycles. The first-order chi connectivity index (χ1) is 11.1. The van der Waals surface area contributed by atoms with Gasteiger partial charge in [0.1, 0.15) is 0 Å². The maximum atomic E-state index is 12.7. The van der Waals surface area contributed by atoms with Gasteiger partial charge in [0.15, 0.2) is 5.78 Å². The fourth-order valence-corrected chi connectivity index (χ4v) is 3.02. The molecule has 5 nitrogen and oxygen atoms in total. The zero-order valence-corrected chi connectivity index (χ0v) is 13.1. The highest BCUT2D eigenvalue weighted by Crippen LogP contribution is 2.32. The van der Waals surface area contributed by atoms with Gasteiger partial charge in [-0.1, -0.05) is 12.1 Å². The van der Waals surface area contributed by atoms with E-state index in [2.05, 4.69) is 0 Å². The quantitative estimate of drug-likeness (QED) is 0.484. The fraction of sp³-hybridized carbons (Fsp3) is 0.278. The number of hydrogen-bond acceptors (Lipinski definition) is 4. The van der Waals surface area contributed by atoms with E-state index in [1.165, 1.54) is 11.8 Å². The maximum Gasteiger partial charge on any atom is 0.261 e. The summed E-state index contributed by atoms with van der Waals surface area (Å²) in [6, 6.07) is 8.52. The average Bonchev–Trinajstić information content (AvgIpc) is 2.55. The Bertz CT molecular complexity index is 803. The molecule has 23 heavy (non-hydrogen) atoms. The number of rotatable bonds is 5. The minimum atomic E-state index is -0.315. The predicted octanol–water partition coefficient (Wildman–Crippen LogP) is 2.67. The first-order valence-corrected chi connectivity index (χ1v) is 7.48. The molecule has 5 heteroatoms. The van der Waals surface area contributed by atoms with Crippen LogP contribution in [0.15, 0.2) is 30.3 Å². The zero-order chi connectivity index (χ0) is 16.6. The van der Waals surface area contributed by atoms with Crippen molar-refractivity contribution in [3.63, 3.8) is 0 Å². The highest BCUT2D eigenvalue weighted by atomic mass is 16.5. The SMILES string of the molecule is COCCCN1C(=O)c2cccc3c(C(C)=O)ccc(c23)C1=O. The predicted molar refractivity (Wildman–Crippen MR) is 85.8 cm³/mol.